The van der Waals surface area contributed by atoms with Gasteiger partial charge in [-0.1, -0.05) is 12.1 Å². The van der Waals surface area contributed by atoms with Gasteiger partial charge < -0.3 is 14.6 Å². The van der Waals surface area contributed by atoms with Crippen molar-refractivity contribution in [1.29, 1.82) is 0 Å². The summed E-state index contributed by atoms with van der Waals surface area (Å²) in [6.45, 7) is 0. The van der Waals surface area contributed by atoms with E-state index in [0.29, 0.717) is 22.3 Å². The summed E-state index contributed by atoms with van der Waals surface area (Å²) in [5.41, 5.74) is 1.75. The topological polar surface area (TPSA) is 68.7 Å². The molecule has 0 radical (unpaired) electrons. The molecule has 168 valence electrons. The Kier molecular flexibility index (Phi) is 6.28. The Morgan fingerprint density at radius 2 is 1.28 bits per heavy atom. The first-order valence-electron chi connectivity index (χ1n) is 8.83. The van der Waals surface area contributed by atoms with Crippen LogP contribution in [0.1, 0.15) is 5.56 Å². The van der Waals surface area contributed by atoms with Crippen molar-refractivity contribution in [2.45, 2.75) is 19.1 Å². The third-order valence-corrected chi connectivity index (χ3v) is 4.06. The van der Waals surface area contributed by atoms with E-state index in [1.165, 1.54) is 36.5 Å². The van der Waals surface area contributed by atoms with Gasteiger partial charge in [-0.2, -0.15) is 0 Å². The third kappa shape index (κ3) is 6.37. The van der Waals surface area contributed by atoms with Crippen LogP contribution in [-0.2, 0) is 11.2 Å². The highest BCUT2D eigenvalue weighted by molar-refractivity contribution is 5.82. The molecule has 0 aliphatic heterocycles. The van der Waals surface area contributed by atoms with Gasteiger partial charge in [-0.05, 0) is 53.6 Å². The maximum absolute atomic E-state index is 12.4. The van der Waals surface area contributed by atoms with E-state index in [1.54, 1.807) is 0 Å². The van der Waals surface area contributed by atoms with Crippen LogP contribution in [0.4, 0.5) is 26.3 Å². The van der Waals surface area contributed by atoms with E-state index < -0.39 is 30.2 Å². The fraction of sp³-hybridized carbons (Fsp3) is 0.143. The fourth-order valence-corrected chi connectivity index (χ4v) is 2.88. The Hall–Kier alpha value is -3.76. The van der Waals surface area contributed by atoms with Crippen LogP contribution in [-0.4, -0.2) is 28.8 Å². The quantitative estimate of drug-likeness (QED) is 0.471. The van der Waals surface area contributed by atoms with Gasteiger partial charge in [0.25, 0.3) is 0 Å². The number of benzene rings is 2. The zero-order valence-corrected chi connectivity index (χ0v) is 15.9. The summed E-state index contributed by atoms with van der Waals surface area (Å²) in [6, 6.07) is 11.1. The molecule has 3 rings (SSSR count). The number of aliphatic carboxylic acids is 1. The van der Waals surface area contributed by atoms with Crippen molar-refractivity contribution >= 4 is 5.97 Å². The van der Waals surface area contributed by atoms with E-state index in [0.717, 1.165) is 24.3 Å². The maximum Gasteiger partial charge on any atom is 0.573 e. The molecule has 11 heteroatoms. The average Bonchev–Trinajstić information content (AvgIpc) is 2.66. The minimum atomic E-state index is -4.87. The van der Waals surface area contributed by atoms with Crippen LogP contribution in [0.5, 0.6) is 11.5 Å². The second kappa shape index (κ2) is 8.77. The van der Waals surface area contributed by atoms with E-state index in [2.05, 4.69) is 14.5 Å². The third-order valence-electron chi connectivity index (χ3n) is 4.06. The Morgan fingerprint density at radius 3 is 1.72 bits per heavy atom. The monoisotopic (exact) mass is 457 g/mol. The predicted molar refractivity (Wildman–Crippen MR) is 99.8 cm³/mol. The van der Waals surface area contributed by atoms with Gasteiger partial charge in [-0.15, -0.1) is 26.3 Å². The van der Waals surface area contributed by atoms with Crippen molar-refractivity contribution in [2.75, 3.05) is 0 Å². The summed E-state index contributed by atoms with van der Waals surface area (Å²) >= 11 is 0. The lowest BCUT2D eigenvalue weighted by atomic mass is 9.97. The molecule has 3 aromatic rings. The van der Waals surface area contributed by atoms with Gasteiger partial charge in [0.1, 0.15) is 11.5 Å². The molecule has 0 fully saturated rings. The molecular weight excluding hydrogens is 444 g/mol. The number of nitrogens with zero attached hydrogens (tertiary/aromatic N) is 1. The molecule has 0 spiro atoms. The highest BCUT2D eigenvalue weighted by Crippen LogP contribution is 2.34. The minimum absolute atomic E-state index is 0.280. The molecule has 0 bridgehead atoms. The summed E-state index contributed by atoms with van der Waals surface area (Å²) in [5.74, 6) is -2.02. The SMILES string of the molecule is O=C(O)Cc1cnc(-c2ccc(OC(F)(F)F)cc2)c(-c2ccc(OC(F)(F)F)cc2)c1. The lowest BCUT2D eigenvalue weighted by molar-refractivity contribution is -0.275. The van der Waals surface area contributed by atoms with Gasteiger partial charge in [0, 0.05) is 17.3 Å². The van der Waals surface area contributed by atoms with Gasteiger partial charge in [0.05, 0.1) is 12.1 Å². The van der Waals surface area contributed by atoms with Crippen molar-refractivity contribution in [3.05, 3.63) is 66.4 Å². The van der Waals surface area contributed by atoms with Crippen LogP contribution in [0.2, 0.25) is 0 Å². The smallest absolute Gasteiger partial charge is 0.481 e. The molecule has 1 heterocycles. The Morgan fingerprint density at radius 1 is 0.812 bits per heavy atom. The molecule has 0 atom stereocenters. The van der Waals surface area contributed by atoms with Crippen molar-refractivity contribution in [2.24, 2.45) is 0 Å². The number of ether oxygens (including phenoxy) is 2. The van der Waals surface area contributed by atoms with Gasteiger partial charge in [0.15, 0.2) is 0 Å². The molecule has 2 aromatic carbocycles. The van der Waals surface area contributed by atoms with Crippen molar-refractivity contribution < 1.29 is 45.7 Å². The summed E-state index contributed by atoms with van der Waals surface area (Å²) < 4.78 is 82.0. The van der Waals surface area contributed by atoms with Crippen molar-refractivity contribution in [3.63, 3.8) is 0 Å². The Balaban J connectivity index is 2.01. The Bertz CT molecular complexity index is 1090. The number of carboxylic acids is 1. The maximum atomic E-state index is 12.4. The molecule has 5 nitrogen and oxygen atoms in total. The summed E-state index contributed by atoms with van der Waals surface area (Å²) in [4.78, 5) is 15.3. The first kappa shape index (κ1) is 22.9. The fourth-order valence-electron chi connectivity index (χ4n) is 2.88. The number of hydrogen-bond acceptors (Lipinski definition) is 4. The molecule has 0 aliphatic carbocycles. The normalized spacial score (nSPS) is 11.8. The van der Waals surface area contributed by atoms with Gasteiger partial charge in [-0.25, -0.2) is 0 Å². The Labute approximate surface area is 176 Å². The highest BCUT2D eigenvalue weighted by atomic mass is 19.4. The molecule has 0 aliphatic rings. The average molecular weight is 457 g/mol. The van der Waals surface area contributed by atoms with Gasteiger partial charge in [-0.3, -0.25) is 9.78 Å². The van der Waals surface area contributed by atoms with E-state index in [-0.39, 0.29) is 12.1 Å². The summed E-state index contributed by atoms with van der Waals surface area (Å²) in [6.07, 6.45) is -8.78. The molecular formula is C21H13F6NO4. The van der Waals surface area contributed by atoms with Gasteiger partial charge in [0.2, 0.25) is 0 Å². The molecule has 0 amide bonds. The van der Waals surface area contributed by atoms with Crippen LogP contribution in [0.3, 0.4) is 0 Å². The van der Waals surface area contributed by atoms with E-state index in [4.69, 9.17) is 5.11 Å². The number of hydrogen-bond donors (Lipinski definition) is 1. The molecule has 0 saturated carbocycles. The first-order valence-corrected chi connectivity index (χ1v) is 8.83. The molecule has 1 aromatic heterocycles. The standard InChI is InChI=1S/C21H13F6NO4/c22-20(23,24)31-15-5-1-13(2-6-15)17-9-12(10-18(29)30)11-28-19(17)14-3-7-16(8-4-14)32-21(25,26)27/h1-9,11H,10H2,(H,29,30). The number of aromatic nitrogens is 1. The zero-order chi connectivity index (χ0) is 23.5. The highest BCUT2D eigenvalue weighted by Gasteiger charge is 2.31. The number of carboxylic acid groups (broad SMARTS) is 1. The van der Waals surface area contributed by atoms with E-state index >= 15 is 0 Å². The lowest BCUT2D eigenvalue weighted by Crippen LogP contribution is -2.17. The molecule has 1 N–H and O–H groups in total. The predicted octanol–water partition coefficient (Wildman–Crippen LogP) is 5.84. The van der Waals surface area contributed by atoms with Crippen LogP contribution >= 0.6 is 0 Å². The summed E-state index contributed by atoms with van der Waals surface area (Å²) in [7, 11) is 0. The zero-order valence-electron chi connectivity index (χ0n) is 15.9. The second-order valence-electron chi connectivity index (χ2n) is 6.45. The number of carbonyl (C=O) groups is 1. The summed E-state index contributed by atoms with van der Waals surface area (Å²) in [5, 5.41) is 9.03. The van der Waals surface area contributed by atoms with Gasteiger partial charge >= 0.3 is 18.7 Å². The van der Waals surface area contributed by atoms with Crippen LogP contribution in [0, 0.1) is 0 Å². The number of pyridine rings is 1. The molecule has 0 unspecified atom stereocenters. The number of halogens is 6. The van der Waals surface area contributed by atoms with Crippen molar-refractivity contribution in [1.82, 2.24) is 4.98 Å². The van der Waals surface area contributed by atoms with E-state index in [9.17, 15) is 31.1 Å². The van der Waals surface area contributed by atoms with Crippen LogP contribution < -0.4 is 9.47 Å². The molecule has 32 heavy (non-hydrogen) atoms. The largest absolute Gasteiger partial charge is 0.573 e. The second-order valence-corrected chi connectivity index (χ2v) is 6.45. The van der Waals surface area contributed by atoms with Crippen molar-refractivity contribution in [3.8, 4) is 33.9 Å². The lowest BCUT2D eigenvalue weighted by Gasteiger charge is -2.14. The van der Waals surface area contributed by atoms with Crippen LogP contribution in [0.25, 0.3) is 22.4 Å². The minimum Gasteiger partial charge on any atom is -0.481 e. The van der Waals surface area contributed by atoms with E-state index in [1.807, 2.05) is 0 Å². The molecule has 0 saturated heterocycles. The van der Waals surface area contributed by atoms with Crippen LogP contribution in [0.15, 0.2) is 60.8 Å². The number of alkyl halides is 6. The number of rotatable bonds is 6. The first-order chi connectivity index (χ1) is 14.9.